The Kier molecular flexibility index (Phi) is 3.73. The minimum Gasteiger partial charge on any atom is -0.461 e. The topological polar surface area (TPSA) is 70.8 Å². The van der Waals surface area contributed by atoms with Gasteiger partial charge in [-0.3, -0.25) is 0 Å². The van der Waals surface area contributed by atoms with Crippen LogP contribution in [0.1, 0.15) is 45.1 Å². The van der Waals surface area contributed by atoms with Crippen molar-refractivity contribution in [1.29, 1.82) is 0 Å². The van der Waals surface area contributed by atoms with Crippen molar-refractivity contribution in [3.05, 3.63) is 23.9 Å². The Hall–Kier alpha value is -1.86. The van der Waals surface area contributed by atoms with Crippen LogP contribution in [0.15, 0.2) is 22.7 Å². The Morgan fingerprint density at radius 3 is 2.48 bits per heavy atom. The average molecular weight is 317 g/mol. The second-order valence-electron chi connectivity index (χ2n) is 6.60. The molecule has 0 unspecified atom stereocenters. The van der Waals surface area contributed by atoms with Gasteiger partial charge in [0.1, 0.15) is 0 Å². The Bertz CT molecular complexity index is 736. The third-order valence-corrected chi connectivity index (χ3v) is 4.49. The van der Waals surface area contributed by atoms with E-state index < -0.39 is 24.3 Å². The lowest BCUT2D eigenvalue weighted by Gasteiger charge is -2.32. The number of nitrogens with zero attached hydrogens (tertiary/aromatic N) is 1. The maximum Gasteiger partial charge on any atom is 0.494 e. The molecule has 0 aliphatic carbocycles. The van der Waals surface area contributed by atoms with Gasteiger partial charge in [0.05, 0.1) is 23.2 Å². The van der Waals surface area contributed by atoms with Gasteiger partial charge in [0.25, 0.3) is 0 Å². The molecule has 1 aliphatic heterocycles. The zero-order chi connectivity index (χ0) is 16.8. The SMILES string of the molecule is CCOC(=O)c1noc2cc(B3OC(C)(C)C(C)(C)O3)ccc12. The van der Waals surface area contributed by atoms with Crippen LogP contribution in [0, 0.1) is 0 Å². The van der Waals surface area contributed by atoms with Crippen LogP contribution in [0.3, 0.4) is 0 Å². The van der Waals surface area contributed by atoms with Gasteiger partial charge < -0.3 is 18.6 Å². The largest absolute Gasteiger partial charge is 0.494 e. The number of ether oxygens (including phenoxy) is 1. The van der Waals surface area contributed by atoms with Crippen molar-refractivity contribution in [2.24, 2.45) is 0 Å². The number of benzene rings is 1. The van der Waals surface area contributed by atoms with Crippen LogP contribution in [-0.2, 0) is 14.0 Å². The molecule has 2 aromatic rings. The first kappa shape index (κ1) is 16.0. The predicted octanol–water partition coefficient (Wildman–Crippen LogP) is 2.30. The van der Waals surface area contributed by atoms with Gasteiger partial charge in [-0.25, -0.2) is 4.79 Å². The second kappa shape index (κ2) is 5.35. The summed E-state index contributed by atoms with van der Waals surface area (Å²) in [5, 5.41) is 4.42. The van der Waals surface area contributed by atoms with Gasteiger partial charge in [0.2, 0.25) is 0 Å². The van der Waals surface area contributed by atoms with Gasteiger partial charge in [-0.15, -0.1) is 0 Å². The Labute approximate surface area is 135 Å². The lowest BCUT2D eigenvalue weighted by molar-refractivity contribution is 0.00578. The van der Waals surface area contributed by atoms with Gasteiger partial charge in [-0.2, -0.15) is 0 Å². The monoisotopic (exact) mass is 317 g/mol. The first-order valence-corrected chi connectivity index (χ1v) is 7.67. The quantitative estimate of drug-likeness (QED) is 0.639. The summed E-state index contributed by atoms with van der Waals surface area (Å²) in [6.45, 7) is 10.0. The van der Waals surface area contributed by atoms with Crippen molar-refractivity contribution < 1.29 is 23.4 Å². The molecule has 0 atom stereocenters. The molecule has 0 saturated carbocycles. The lowest BCUT2D eigenvalue weighted by atomic mass is 9.79. The van der Waals surface area contributed by atoms with Crippen LogP contribution >= 0.6 is 0 Å². The summed E-state index contributed by atoms with van der Waals surface area (Å²) < 4.78 is 22.3. The molecule has 6 nitrogen and oxygen atoms in total. The van der Waals surface area contributed by atoms with Crippen molar-refractivity contribution in [2.45, 2.75) is 45.8 Å². The number of hydrogen-bond acceptors (Lipinski definition) is 6. The van der Waals surface area contributed by atoms with Crippen molar-refractivity contribution >= 4 is 29.5 Å². The van der Waals surface area contributed by atoms with Gasteiger partial charge in [-0.1, -0.05) is 11.2 Å². The van der Waals surface area contributed by atoms with E-state index in [9.17, 15) is 4.79 Å². The number of hydrogen-bond donors (Lipinski definition) is 0. The summed E-state index contributed by atoms with van der Waals surface area (Å²) in [6, 6.07) is 5.41. The molecule has 7 heteroatoms. The van der Waals surface area contributed by atoms with Crippen LogP contribution in [0.2, 0.25) is 0 Å². The molecule has 0 spiro atoms. The first-order valence-electron chi connectivity index (χ1n) is 7.67. The molecule has 1 aliphatic rings. The molecule has 1 saturated heterocycles. The Morgan fingerprint density at radius 2 is 1.87 bits per heavy atom. The van der Waals surface area contributed by atoms with E-state index in [1.807, 2.05) is 33.8 Å². The third-order valence-electron chi connectivity index (χ3n) is 4.49. The highest BCUT2D eigenvalue weighted by Gasteiger charge is 2.51. The smallest absolute Gasteiger partial charge is 0.461 e. The molecular weight excluding hydrogens is 297 g/mol. The number of carbonyl (C=O) groups excluding carboxylic acids is 1. The lowest BCUT2D eigenvalue weighted by Crippen LogP contribution is -2.41. The zero-order valence-corrected chi connectivity index (χ0v) is 14.0. The fraction of sp³-hybridized carbons (Fsp3) is 0.500. The molecule has 3 rings (SSSR count). The van der Waals surface area contributed by atoms with Crippen molar-refractivity contribution in [3.8, 4) is 0 Å². The number of rotatable bonds is 3. The highest BCUT2D eigenvalue weighted by Crippen LogP contribution is 2.36. The minimum atomic E-state index is -0.491. The number of carbonyl (C=O) groups is 1. The van der Waals surface area contributed by atoms with Crippen LogP contribution in [0.5, 0.6) is 0 Å². The standard InChI is InChI=1S/C16H20BNO5/c1-6-20-14(19)13-11-8-7-10(9-12(11)21-18-13)17-22-15(2,3)16(4,5)23-17/h7-9H,6H2,1-5H3. The van der Waals surface area contributed by atoms with Gasteiger partial charge in [0.15, 0.2) is 11.3 Å². The second-order valence-corrected chi connectivity index (χ2v) is 6.60. The summed E-state index contributed by atoms with van der Waals surface area (Å²) in [7, 11) is -0.486. The highest BCUT2D eigenvalue weighted by atomic mass is 16.7. The molecule has 0 N–H and O–H groups in total. The minimum absolute atomic E-state index is 0.183. The predicted molar refractivity (Wildman–Crippen MR) is 85.7 cm³/mol. The van der Waals surface area contributed by atoms with Crippen LogP contribution < -0.4 is 5.46 Å². The number of fused-ring (bicyclic) bond motifs is 1. The van der Waals surface area contributed by atoms with Crippen LogP contribution in [-0.4, -0.2) is 36.1 Å². The van der Waals surface area contributed by atoms with Crippen molar-refractivity contribution in [2.75, 3.05) is 6.61 Å². The molecule has 0 amide bonds. The third kappa shape index (κ3) is 2.64. The molecule has 1 fully saturated rings. The molecule has 23 heavy (non-hydrogen) atoms. The van der Waals surface area contributed by atoms with E-state index in [0.29, 0.717) is 17.6 Å². The van der Waals surface area contributed by atoms with Crippen molar-refractivity contribution in [1.82, 2.24) is 5.16 Å². The first-order chi connectivity index (χ1) is 10.7. The summed E-state index contributed by atoms with van der Waals surface area (Å²) in [4.78, 5) is 11.8. The normalized spacial score (nSPS) is 19.3. The van der Waals surface area contributed by atoms with E-state index in [0.717, 1.165) is 5.46 Å². The zero-order valence-electron chi connectivity index (χ0n) is 14.0. The number of aromatic nitrogens is 1. The van der Waals surface area contributed by atoms with E-state index in [2.05, 4.69) is 5.16 Å². The Balaban J connectivity index is 1.92. The molecular formula is C16H20BNO5. The molecule has 122 valence electrons. The molecule has 2 heterocycles. The average Bonchev–Trinajstić information content (AvgIpc) is 2.97. The molecule has 1 aromatic carbocycles. The van der Waals surface area contributed by atoms with Crippen LogP contribution in [0.25, 0.3) is 11.0 Å². The Morgan fingerprint density at radius 1 is 1.22 bits per heavy atom. The molecule has 1 aromatic heterocycles. The van der Waals surface area contributed by atoms with E-state index in [1.165, 1.54) is 0 Å². The van der Waals surface area contributed by atoms with Crippen LogP contribution in [0.4, 0.5) is 0 Å². The fourth-order valence-electron chi connectivity index (χ4n) is 2.43. The summed E-state index contributed by atoms with van der Waals surface area (Å²) in [6.07, 6.45) is 0. The van der Waals surface area contributed by atoms with Gasteiger partial charge in [-0.05, 0) is 52.2 Å². The van der Waals surface area contributed by atoms with Gasteiger partial charge >= 0.3 is 13.1 Å². The maximum absolute atomic E-state index is 11.8. The molecule has 0 bridgehead atoms. The summed E-state index contributed by atoms with van der Waals surface area (Å²) in [5.41, 5.74) is 0.680. The fourth-order valence-corrected chi connectivity index (χ4v) is 2.43. The van der Waals surface area contributed by atoms with Gasteiger partial charge in [0, 0.05) is 0 Å². The maximum atomic E-state index is 11.8. The summed E-state index contributed by atoms with van der Waals surface area (Å²) in [5.74, 6) is -0.491. The number of esters is 1. The van der Waals surface area contributed by atoms with E-state index >= 15 is 0 Å². The van der Waals surface area contributed by atoms with Crippen molar-refractivity contribution in [3.63, 3.8) is 0 Å². The van der Waals surface area contributed by atoms with E-state index in [1.54, 1.807) is 19.1 Å². The summed E-state index contributed by atoms with van der Waals surface area (Å²) >= 11 is 0. The molecule has 0 radical (unpaired) electrons. The highest BCUT2D eigenvalue weighted by molar-refractivity contribution is 6.62. The van der Waals surface area contributed by atoms with E-state index in [4.69, 9.17) is 18.6 Å². The van der Waals surface area contributed by atoms with E-state index in [-0.39, 0.29) is 5.69 Å².